The van der Waals surface area contributed by atoms with E-state index < -0.39 is 0 Å². The Kier molecular flexibility index (Phi) is 5.41. The summed E-state index contributed by atoms with van der Waals surface area (Å²) in [4.78, 5) is 17.8. The fraction of sp³-hybridized carbons (Fsp3) is 0.421. The predicted molar refractivity (Wildman–Crippen MR) is 99.0 cm³/mol. The number of anilines is 1. The van der Waals surface area contributed by atoms with Crippen LogP contribution in [0.5, 0.6) is 5.75 Å². The van der Waals surface area contributed by atoms with Gasteiger partial charge in [0.1, 0.15) is 5.75 Å². The Labute approximate surface area is 147 Å². The Balaban J connectivity index is 1.60. The van der Waals surface area contributed by atoms with Crippen molar-refractivity contribution in [1.82, 2.24) is 4.90 Å². The van der Waals surface area contributed by atoms with Gasteiger partial charge in [0.05, 0.1) is 18.2 Å². The lowest BCUT2D eigenvalue weighted by atomic mass is 10.2. The molecule has 0 saturated carbocycles. The molecule has 4 nitrogen and oxygen atoms in total. The van der Waals surface area contributed by atoms with Gasteiger partial charge in [-0.05, 0) is 37.4 Å². The highest BCUT2D eigenvalue weighted by molar-refractivity contribution is 7.10. The molecule has 1 aromatic heterocycles. The van der Waals surface area contributed by atoms with Crippen molar-refractivity contribution in [3.05, 3.63) is 46.7 Å². The van der Waals surface area contributed by atoms with Gasteiger partial charge in [-0.3, -0.25) is 4.79 Å². The molecule has 24 heavy (non-hydrogen) atoms. The molecule has 1 fully saturated rings. The molecular formula is C19H24N2O2S. The number of rotatable bonds is 5. The van der Waals surface area contributed by atoms with Crippen LogP contribution in [-0.2, 0) is 11.2 Å². The van der Waals surface area contributed by atoms with Gasteiger partial charge < -0.3 is 14.5 Å². The maximum atomic E-state index is 12.4. The summed E-state index contributed by atoms with van der Waals surface area (Å²) in [6.45, 7) is 7.29. The Morgan fingerprint density at radius 1 is 1.12 bits per heavy atom. The molecule has 1 aliphatic rings. The van der Waals surface area contributed by atoms with Crippen molar-refractivity contribution >= 4 is 22.9 Å². The first-order chi connectivity index (χ1) is 11.6. The second-order valence-electron chi connectivity index (χ2n) is 6.26. The molecule has 0 radical (unpaired) electrons. The van der Waals surface area contributed by atoms with Crippen LogP contribution in [0.1, 0.15) is 18.7 Å². The number of carbonyl (C=O) groups is 1. The minimum Gasteiger partial charge on any atom is -0.489 e. The Hall–Kier alpha value is -2.01. The highest BCUT2D eigenvalue weighted by atomic mass is 32.1. The maximum Gasteiger partial charge on any atom is 0.227 e. The van der Waals surface area contributed by atoms with Crippen LogP contribution in [-0.4, -0.2) is 43.1 Å². The molecule has 1 saturated heterocycles. The van der Waals surface area contributed by atoms with Crippen LogP contribution >= 0.6 is 11.3 Å². The smallest absolute Gasteiger partial charge is 0.227 e. The van der Waals surface area contributed by atoms with Crippen LogP contribution in [0.4, 0.5) is 5.69 Å². The average Bonchev–Trinajstić information content (AvgIpc) is 3.08. The predicted octanol–water partition coefficient (Wildman–Crippen LogP) is 3.43. The molecule has 0 atom stereocenters. The molecule has 1 aromatic carbocycles. The largest absolute Gasteiger partial charge is 0.489 e. The number of hydrogen-bond donors (Lipinski definition) is 0. The summed E-state index contributed by atoms with van der Waals surface area (Å²) in [5.41, 5.74) is 1.12. The van der Waals surface area contributed by atoms with Crippen LogP contribution in [0.3, 0.4) is 0 Å². The fourth-order valence-electron chi connectivity index (χ4n) is 2.94. The van der Waals surface area contributed by atoms with Crippen LogP contribution in [0.15, 0.2) is 41.8 Å². The molecule has 2 heterocycles. The van der Waals surface area contributed by atoms with Crippen LogP contribution in [0.25, 0.3) is 0 Å². The second-order valence-corrected chi connectivity index (χ2v) is 7.29. The number of hydrogen-bond acceptors (Lipinski definition) is 4. The summed E-state index contributed by atoms with van der Waals surface area (Å²) in [5, 5.41) is 2.02. The number of carbonyl (C=O) groups excluding carboxylic acids is 1. The average molecular weight is 344 g/mol. The van der Waals surface area contributed by atoms with Crippen molar-refractivity contribution in [3.8, 4) is 5.75 Å². The molecule has 5 heteroatoms. The number of nitrogens with zero attached hydrogens (tertiary/aromatic N) is 2. The van der Waals surface area contributed by atoms with Gasteiger partial charge in [0.25, 0.3) is 0 Å². The minimum absolute atomic E-state index is 0.153. The van der Waals surface area contributed by atoms with E-state index in [1.807, 2.05) is 54.5 Å². The zero-order valence-electron chi connectivity index (χ0n) is 14.3. The number of thiophene rings is 1. The van der Waals surface area contributed by atoms with Gasteiger partial charge in [-0.2, -0.15) is 0 Å². The van der Waals surface area contributed by atoms with E-state index in [0.29, 0.717) is 6.42 Å². The minimum atomic E-state index is 0.153. The van der Waals surface area contributed by atoms with E-state index in [9.17, 15) is 4.79 Å². The first-order valence-electron chi connectivity index (χ1n) is 8.44. The molecule has 0 spiro atoms. The van der Waals surface area contributed by atoms with Crippen molar-refractivity contribution < 1.29 is 9.53 Å². The lowest BCUT2D eigenvalue weighted by molar-refractivity contribution is -0.130. The zero-order valence-corrected chi connectivity index (χ0v) is 15.1. The van der Waals surface area contributed by atoms with E-state index in [4.69, 9.17) is 4.74 Å². The van der Waals surface area contributed by atoms with Crippen LogP contribution < -0.4 is 9.64 Å². The maximum absolute atomic E-state index is 12.4. The third-order valence-electron chi connectivity index (χ3n) is 4.11. The van der Waals surface area contributed by atoms with Gasteiger partial charge >= 0.3 is 0 Å². The van der Waals surface area contributed by atoms with E-state index in [1.165, 1.54) is 0 Å². The van der Waals surface area contributed by atoms with Gasteiger partial charge in [-0.15, -0.1) is 11.3 Å². The topological polar surface area (TPSA) is 32.8 Å². The molecule has 3 rings (SSSR count). The lowest BCUT2D eigenvalue weighted by Gasteiger charge is -2.37. The monoisotopic (exact) mass is 344 g/mol. The van der Waals surface area contributed by atoms with Crippen molar-refractivity contribution in [2.24, 2.45) is 0 Å². The van der Waals surface area contributed by atoms with E-state index in [1.54, 1.807) is 11.3 Å². The molecule has 1 aliphatic heterocycles. The summed E-state index contributed by atoms with van der Waals surface area (Å²) in [7, 11) is 0. The molecule has 2 aromatic rings. The quantitative estimate of drug-likeness (QED) is 0.833. The summed E-state index contributed by atoms with van der Waals surface area (Å²) >= 11 is 1.65. The lowest BCUT2D eigenvalue weighted by Crippen LogP contribution is -2.49. The zero-order chi connectivity index (χ0) is 16.9. The summed E-state index contributed by atoms with van der Waals surface area (Å²) in [5.74, 6) is 1.15. The first kappa shape index (κ1) is 16.8. The second kappa shape index (κ2) is 7.71. The molecule has 0 N–H and O–H groups in total. The van der Waals surface area contributed by atoms with E-state index >= 15 is 0 Å². The van der Waals surface area contributed by atoms with Crippen molar-refractivity contribution in [3.63, 3.8) is 0 Å². The molecular weight excluding hydrogens is 320 g/mol. The van der Waals surface area contributed by atoms with Gasteiger partial charge in [0, 0.05) is 31.1 Å². The number of ether oxygens (including phenoxy) is 1. The van der Waals surface area contributed by atoms with Crippen LogP contribution in [0.2, 0.25) is 0 Å². The van der Waals surface area contributed by atoms with Crippen LogP contribution in [0, 0.1) is 0 Å². The summed E-state index contributed by atoms with van der Waals surface area (Å²) in [6, 6.07) is 12.2. The number of benzene rings is 1. The van der Waals surface area contributed by atoms with Gasteiger partial charge in [0.15, 0.2) is 0 Å². The SMILES string of the molecule is CC(C)Oc1ccccc1N1CCN(C(=O)Cc2cccs2)CC1. The molecule has 128 valence electrons. The van der Waals surface area contributed by atoms with E-state index in [-0.39, 0.29) is 12.0 Å². The van der Waals surface area contributed by atoms with Crippen molar-refractivity contribution in [2.75, 3.05) is 31.1 Å². The molecule has 1 amide bonds. The van der Waals surface area contributed by atoms with Crippen molar-refractivity contribution in [2.45, 2.75) is 26.4 Å². The van der Waals surface area contributed by atoms with Gasteiger partial charge in [-0.25, -0.2) is 0 Å². The third-order valence-corrected chi connectivity index (χ3v) is 4.98. The molecule has 0 unspecified atom stereocenters. The van der Waals surface area contributed by atoms with E-state index in [0.717, 1.165) is 42.5 Å². The highest BCUT2D eigenvalue weighted by Crippen LogP contribution is 2.29. The standard InChI is InChI=1S/C19H24N2O2S/c1-15(2)23-18-8-4-3-7-17(18)20-9-11-21(12-10-20)19(22)14-16-6-5-13-24-16/h3-8,13,15H,9-12,14H2,1-2H3. The highest BCUT2D eigenvalue weighted by Gasteiger charge is 2.23. The summed E-state index contributed by atoms with van der Waals surface area (Å²) in [6.07, 6.45) is 0.671. The fourth-order valence-corrected chi connectivity index (χ4v) is 3.64. The number of amides is 1. The normalized spacial score (nSPS) is 15.0. The van der Waals surface area contributed by atoms with E-state index in [2.05, 4.69) is 11.0 Å². The third kappa shape index (κ3) is 4.09. The first-order valence-corrected chi connectivity index (χ1v) is 9.32. The van der Waals surface area contributed by atoms with Gasteiger partial charge in [0.2, 0.25) is 5.91 Å². The number of piperazine rings is 1. The Morgan fingerprint density at radius 3 is 2.54 bits per heavy atom. The van der Waals surface area contributed by atoms with Gasteiger partial charge in [-0.1, -0.05) is 18.2 Å². The Morgan fingerprint density at radius 2 is 1.88 bits per heavy atom. The van der Waals surface area contributed by atoms with Crippen molar-refractivity contribution in [1.29, 1.82) is 0 Å². The number of para-hydroxylation sites is 2. The molecule has 0 aliphatic carbocycles. The summed E-state index contributed by atoms with van der Waals surface area (Å²) < 4.78 is 5.92. The Bertz CT molecular complexity index is 662. The molecule has 0 bridgehead atoms.